The van der Waals surface area contributed by atoms with Crippen LogP contribution in [-0.4, -0.2) is 56.3 Å². The fraction of sp³-hybridized carbons (Fsp3) is 1.00. The fourth-order valence-electron chi connectivity index (χ4n) is 2.50. The van der Waals surface area contributed by atoms with Crippen LogP contribution in [0.2, 0.25) is 0 Å². The highest BCUT2D eigenvalue weighted by atomic mass is 32.2. The molecular weight excluding hydrogens is 286 g/mol. The molecule has 126 valence electrons. The highest BCUT2D eigenvalue weighted by Gasteiger charge is 2.30. The molecule has 1 aliphatic heterocycles. The molecule has 0 atom stereocenters. The van der Waals surface area contributed by atoms with Crippen molar-refractivity contribution in [3.8, 4) is 0 Å². The van der Waals surface area contributed by atoms with Crippen molar-refractivity contribution in [3.05, 3.63) is 0 Å². The second kappa shape index (κ2) is 8.46. The van der Waals surface area contributed by atoms with Crippen molar-refractivity contribution in [2.24, 2.45) is 11.8 Å². The average Bonchev–Trinajstić information content (AvgIpc) is 2.42. The molecule has 5 nitrogen and oxygen atoms in total. The summed E-state index contributed by atoms with van der Waals surface area (Å²) in [5.74, 6) is 1.12. The summed E-state index contributed by atoms with van der Waals surface area (Å²) in [5.41, 5.74) is 0. The number of piperidine rings is 1. The number of nitrogens with one attached hydrogen (secondary N) is 1. The quantitative estimate of drug-likeness (QED) is 0.743. The highest BCUT2D eigenvalue weighted by Crippen LogP contribution is 2.21. The van der Waals surface area contributed by atoms with Gasteiger partial charge in [0.25, 0.3) is 10.2 Å². The standard InChI is InChI=1S/C15H33N3O2S/c1-13(2)6-9-17(5)21(19,20)18-10-7-15(8-11-18)12-16-14(3)4/h13-16H,6-12H2,1-5H3. The van der Waals surface area contributed by atoms with E-state index in [1.54, 1.807) is 11.4 Å². The summed E-state index contributed by atoms with van der Waals surface area (Å²) in [6, 6.07) is 0.494. The first-order valence-corrected chi connectivity index (χ1v) is 9.58. The Morgan fingerprint density at radius 1 is 1.19 bits per heavy atom. The molecule has 1 saturated heterocycles. The summed E-state index contributed by atoms with van der Waals surface area (Å²) in [6.07, 6.45) is 2.82. The minimum atomic E-state index is -3.27. The van der Waals surface area contributed by atoms with Gasteiger partial charge in [-0.2, -0.15) is 17.0 Å². The first-order chi connectivity index (χ1) is 9.73. The summed E-state index contributed by atoms with van der Waals surface area (Å²) in [6.45, 7) is 11.4. The number of hydrogen-bond acceptors (Lipinski definition) is 3. The van der Waals surface area contributed by atoms with Crippen molar-refractivity contribution in [2.75, 3.05) is 33.2 Å². The van der Waals surface area contributed by atoms with Gasteiger partial charge in [-0.05, 0) is 37.6 Å². The average molecular weight is 320 g/mol. The van der Waals surface area contributed by atoms with E-state index in [1.165, 1.54) is 4.31 Å². The largest absolute Gasteiger partial charge is 0.314 e. The Bertz CT molecular complexity index is 388. The second-order valence-electron chi connectivity index (χ2n) is 6.92. The van der Waals surface area contributed by atoms with E-state index in [4.69, 9.17) is 0 Å². The Kier molecular flexibility index (Phi) is 7.60. The lowest BCUT2D eigenvalue weighted by molar-refractivity contribution is 0.249. The summed E-state index contributed by atoms with van der Waals surface area (Å²) in [4.78, 5) is 0. The lowest BCUT2D eigenvalue weighted by Gasteiger charge is -2.34. The molecule has 1 rings (SSSR count). The van der Waals surface area contributed by atoms with Gasteiger partial charge in [-0.25, -0.2) is 0 Å². The number of hydrogen-bond donors (Lipinski definition) is 1. The van der Waals surface area contributed by atoms with Crippen LogP contribution in [0.1, 0.15) is 47.0 Å². The first-order valence-electron chi connectivity index (χ1n) is 8.18. The van der Waals surface area contributed by atoms with Gasteiger partial charge < -0.3 is 5.32 Å². The molecule has 0 amide bonds. The van der Waals surface area contributed by atoms with Crippen LogP contribution < -0.4 is 5.32 Å². The lowest BCUT2D eigenvalue weighted by Crippen LogP contribution is -2.47. The molecule has 0 aromatic carbocycles. The smallest absolute Gasteiger partial charge is 0.281 e. The van der Waals surface area contributed by atoms with Crippen LogP contribution in [0.25, 0.3) is 0 Å². The summed E-state index contributed by atoms with van der Waals surface area (Å²) < 4.78 is 28.2. The molecule has 0 aliphatic carbocycles. The van der Waals surface area contributed by atoms with Crippen LogP contribution >= 0.6 is 0 Å². The van der Waals surface area contributed by atoms with Crippen molar-refractivity contribution >= 4 is 10.2 Å². The Balaban J connectivity index is 2.44. The van der Waals surface area contributed by atoms with E-state index in [9.17, 15) is 8.42 Å². The van der Waals surface area contributed by atoms with E-state index in [2.05, 4.69) is 33.0 Å². The molecule has 21 heavy (non-hydrogen) atoms. The molecular formula is C15H33N3O2S. The van der Waals surface area contributed by atoms with E-state index in [0.29, 0.717) is 37.5 Å². The lowest BCUT2D eigenvalue weighted by atomic mass is 9.98. The molecule has 1 heterocycles. The Morgan fingerprint density at radius 3 is 2.24 bits per heavy atom. The van der Waals surface area contributed by atoms with Crippen LogP contribution in [0.4, 0.5) is 0 Å². The summed E-state index contributed by atoms with van der Waals surface area (Å²) in [7, 11) is -1.57. The fourth-order valence-corrected chi connectivity index (χ4v) is 3.90. The Morgan fingerprint density at radius 2 is 1.76 bits per heavy atom. The maximum atomic E-state index is 12.5. The maximum Gasteiger partial charge on any atom is 0.281 e. The minimum Gasteiger partial charge on any atom is -0.314 e. The third-order valence-electron chi connectivity index (χ3n) is 4.13. The van der Waals surface area contributed by atoms with Crippen molar-refractivity contribution < 1.29 is 8.42 Å². The number of nitrogens with zero attached hydrogens (tertiary/aromatic N) is 2. The van der Waals surface area contributed by atoms with E-state index in [0.717, 1.165) is 25.8 Å². The monoisotopic (exact) mass is 319 g/mol. The molecule has 0 bridgehead atoms. The van der Waals surface area contributed by atoms with Gasteiger partial charge in [-0.15, -0.1) is 0 Å². The normalized spacial score (nSPS) is 19.0. The van der Waals surface area contributed by atoms with Gasteiger partial charge in [0.1, 0.15) is 0 Å². The molecule has 1 fully saturated rings. The molecule has 0 unspecified atom stereocenters. The molecule has 0 saturated carbocycles. The van der Waals surface area contributed by atoms with E-state index in [-0.39, 0.29) is 0 Å². The van der Waals surface area contributed by atoms with Crippen molar-refractivity contribution in [3.63, 3.8) is 0 Å². The predicted octanol–water partition coefficient (Wildman–Crippen LogP) is 1.92. The third kappa shape index (κ3) is 6.22. The molecule has 1 aliphatic rings. The molecule has 0 aromatic heterocycles. The van der Waals surface area contributed by atoms with Crippen LogP contribution in [-0.2, 0) is 10.2 Å². The molecule has 0 radical (unpaired) electrons. The van der Waals surface area contributed by atoms with Crippen molar-refractivity contribution in [2.45, 2.75) is 53.0 Å². The van der Waals surface area contributed by atoms with Gasteiger partial charge in [0, 0.05) is 32.7 Å². The highest BCUT2D eigenvalue weighted by molar-refractivity contribution is 7.86. The Hall–Kier alpha value is -0.170. The van der Waals surface area contributed by atoms with Gasteiger partial charge in [0.05, 0.1) is 0 Å². The third-order valence-corrected chi connectivity index (χ3v) is 6.12. The van der Waals surface area contributed by atoms with Gasteiger partial charge in [-0.1, -0.05) is 27.7 Å². The van der Waals surface area contributed by atoms with Crippen molar-refractivity contribution in [1.82, 2.24) is 13.9 Å². The number of rotatable bonds is 8. The minimum absolute atomic E-state index is 0.494. The van der Waals surface area contributed by atoms with Crippen LogP contribution in [0, 0.1) is 11.8 Å². The Labute approximate surface area is 131 Å². The zero-order valence-corrected chi connectivity index (χ0v) is 15.1. The molecule has 1 N–H and O–H groups in total. The SMILES string of the molecule is CC(C)CCN(C)S(=O)(=O)N1CCC(CNC(C)C)CC1. The van der Waals surface area contributed by atoms with E-state index in [1.807, 2.05) is 0 Å². The van der Waals surface area contributed by atoms with Gasteiger partial charge in [-0.3, -0.25) is 0 Å². The zero-order valence-electron chi connectivity index (χ0n) is 14.3. The topological polar surface area (TPSA) is 52.7 Å². The van der Waals surface area contributed by atoms with Crippen molar-refractivity contribution in [1.29, 1.82) is 0 Å². The maximum absolute atomic E-state index is 12.5. The van der Waals surface area contributed by atoms with E-state index < -0.39 is 10.2 Å². The molecule has 0 spiro atoms. The second-order valence-corrected chi connectivity index (χ2v) is 8.95. The molecule has 0 aromatic rings. The first kappa shape index (κ1) is 18.9. The van der Waals surface area contributed by atoms with Crippen LogP contribution in [0.15, 0.2) is 0 Å². The van der Waals surface area contributed by atoms with Crippen LogP contribution in [0.3, 0.4) is 0 Å². The van der Waals surface area contributed by atoms with Gasteiger partial charge >= 0.3 is 0 Å². The van der Waals surface area contributed by atoms with Crippen LogP contribution in [0.5, 0.6) is 0 Å². The van der Waals surface area contributed by atoms with Gasteiger partial charge in [0.15, 0.2) is 0 Å². The van der Waals surface area contributed by atoms with E-state index >= 15 is 0 Å². The summed E-state index contributed by atoms with van der Waals surface area (Å²) >= 11 is 0. The van der Waals surface area contributed by atoms with Gasteiger partial charge in [0.2, 0.25) is 0 Å². The predicted molar refractivity (Wildman–Crippen MR) is 88.4 cm³/mol. The summed E-state index contributed by atoms with van der Waals surface area (Å²) in [5, 5.41) is 3.45. The molecule has 6 heteroatoms. The zero-order chi connectivity index (χ0) is 16.0.